The molecule has 1 fully saturated rings. The number of nitrogens with two attached hydrogens (primary N) is 1. The van der Waals surface area contributed by atoms with E-state index in [1.807, 2.05) is 0 Å². The quantitative estimate of drug-likeness (QED) is 0.478. The summed E-state index contributed by atoms with van der Waals surface area (Å²) in [5, 5.41) is 0. The van der Waals surface area contributed by atoms with Gasteiger partial charge in [-0.05, 0) is 6.54 Å². The van der Waals surface area contributed by atoms with Crippen molar-refractivity contribution in [2.24, 2.45) is 11.7 Å². The van der Waals surface area contributed by atoms with E-state index in [9.17, 15) is 0 Å². The van der Waals surface area contributed by atoms with Crippen molar-refractivity contribution in [1.29, 1.82) is 0 Å². The topological polar surface area (TPSA) is 66.2 Å². The highest BCUT2D eigenvalue weighted by Crippen LogP contribution is 2.28. The van der Waals surface area contributed by atoms with Crippen LogP contribution in [0.5, 0.6) is 0 Å². The fraction of sp³-hybridized carbons (Fsp3) is 1.00. The van der Waals surface area contributed by atoms with Gasteiger partial charge in [0.2, 0.25) is 0 Å². The number of hydrogen-bond donors (Lipinski definition) is 1. The monoisotopic (exact) mass is 221 g/mol. The first-order chi connectivity index (χ1) is 6.71. The maximum Gasteiger partial charge on any atom is 0.500 e. The molecule has 0 spiro atoms. The Hall–Kier alpha value is 0.0169. The summed E-state index contributed by atoms with van der Waals surface area (Å²) in [6, 6.07) is 0.720. The molecule has 0 saturated carbocycles. The average Bonchev–Trinajstić information content (AvgIpc) is 3.05. The Morgan fingerprint density at radius 3 is 2.14 bits per heavy atom. The van der Waals surface area contributed by atoms with Crippen LogP contribution in [0.3, 0.4) is 0 Å². The van der Waals surface area contributed by atoms with E-state index >= 15 is 0 Å². The summed E-state index contributed by atoms with van der Waals surface area (Å²) >= 11 is 0. The van der Waals surface area contributed by atoms with E-state index < -0.39 is 8.80 Å². The Morgan fingerprint density at radius 1 is 1.36 bits per heavy atom. The van der Waals surface area contributed by atoms with Crippen LogP contribution in [0.1, 0.15) is 0 Å². The number of rotatable bonds is 7. The Bertz CT molecular complexity index is 164. The summed E-state index contributed by atoms with van der Waals surface area (Å²) in [5.41, 5.74) is 5.66. The van der Waals surface area contributed by atoms with Crippen molar-refractivity contribution in [3.63, 3.8) is 0 Å². The summed E-state index contributed by atoms with van der Waals surface area (Å²) in [4.78, 5) is 0. The van der Waals surface area contributed by atoms with Crippen molar-refractivity contribution in [1.82, 2.24) is 0 Å². The molecule has 0 radical (unpaired) electrons. The first kappa shape index (κ1) is 12.1. The van der Waals surface area contributed by atoms with Gasteiger partial charge in [-0.1, -0.05) is 0 Å². The van der Waals surface area contributed by atoms with E-state index in [-0.39, 0.29) is 12.0 Å². The summed E-state index contributed by atoms with van der Waals surface area (Å²) in [5.74, 6) is 0.279. The molecule has 0 aromatic carbocycles. The van der Waals surface area contributed by atoms with Gasteiger partial charge in [0.05, 0.1) is 12.7 Å². The molecular formula is C8H19NO4Si. The van der Waals surface area contributed by atoms with Gasteiger partial charge in [0.15, 0.2) is 0 Å². The number of ether oxygens (including phenoxy) is 1. The number of epoxide rings is 1. The third-order valence-electron chi connectivity index (χ3n) is 2.63. The highest BCUT2D eigenvalue weighted by atomic mass is 28.4. The van der Waals surface area contributed by atoms with Crippen LogP contribution in [0.25, 0.3) is 0 Å². The highest BCUT2D eigenvalue weighted by Gasteiger charge is 2.45. The maximum atomic E-state index is 5.66. The minimum Gasteiger partial charge on any atom is -0.377 e. The van der Waals surface area contributed by atoms with Gasteiger partial charge < -0.3 is 23.7 Å². The lowest BCUT2D eigenvalue weighted by molar-refractivity contribution is 0.116. The predicted octanol–water partition coefficient (Wildman–Crippen LogP) is -0.162. The summed E-state index contributed by atoms with van der Waals surface area (Å²) in [6.45, 7) is 1.37. The van der Waals surface area contributed by atoms with E-state index in [1.165, 1.54) is 0 Å². The third kappa shape index (κ3) is 2.75. The van der Waals surface area contributed by atoms with Crippen LogP contribution < -0.4 is 5.73 Å². The van der Waals surface area contributed by atoms with Crippen molar-refractivity contribution in [3.05, 3.63) is 0 Å². The Kier molecular flexibility index (Phi) is 4.49. The first-order valence-electron chi connectivity index (χ1n) is 4.68. The molecule has 1 aliphatic rings. The molecule has 1 rings (SSSR count). The van der Waals surface area contributed by atoms with Crippen LogP contribution in [0.15, 0.2) is 0 Å². The molecule has 0 bridgehead atoms. The van der Waals surface area contributed by atoms with Crippen LogP contribution >= 0.6 is 0 Å². The summed E-state index contributed by atoms with van der Waals surface area (Å²) in [7, 11) is 2.35. The van der Waals surface area contributed by atoms with E-state index in [4.69, 9.17) is 23.7 Å². The standard InChI is InChI=1S/C8H19NO4Si/c1-10-14(11-2,12-3)6-7(4-9)8-5-13-8/h7-8H,4-6,9H2,1-3H3. The molecule has 0 amide bonds. The molecule has 0 aromatic heterocycles. The molecule has 0 aliphatic carbocycles. The SMILES string of the molecule is CO[Si](CC(CN)C1CO1)(OC)OC. The van der Waals surface area contributed by atoms with Crippen LogP contribution in [-0.2, 0) is 18.0 Å². The predicted molar refractivity (Wildman–Crippen MR) is 53.9 cm³/mol. The lowest BCUT2D eigenvalue weighted by atomic mass is 10.1. The maximum absolute atomic E-state index is 5.66. The van der Waals surface area contributed by atoms with E-state index in [0.717, 1.165) is 12.7 Å². The van der Waals surface area contributed by atoms with Crippen molar-refractivity contribution in [2.75, 3.05) is 34.5 Å². The largest absolute Gasteiger partial charge is 0.500 e. The summed E-state index contributed by atoms with van der Waals surface area (Å²) < 4.78 is 21.2. The zero-order valence-electron chi connectivity index (χ0n) is 8.99. The zero-order valence-corrected chi connectivity index (χ0v) is 9.99. The molecule has 84 valence electrons. The normalized spacial score (nSPS) is 23.6. The van der Waals surface area contributed by atoms with Crippen LogP contribution in [-0.4, -0.2) is 49.4 Å². The second-order valence-corrected chi connectivity index (χ2v) is 6.37. The Labute approximate surface area is 85.8 Å². The van der Waals surface area contributed by atoms with E-state index in [1.54, 1.807) is 21.3 Å². The van der Waals surface area contributed by atoms with E-state index in [2.05, 4.69) is 0 Å². The van der Waals surface area contributed by atoms with E-state index in [0.29, 0.717) is 6.54 Å². The lowest BCUT2D eigenvalue weighted by Crippen LogP contribution is -2.46. The molecule has 1 saturated heterocycles. The molecule has 5 nitrogen and oxygen atoms in total. The van der Waals surface area contributed by atoms with Crippen LogP contribution in [0, 0.1) is 5.92 Å². The highest BCUT2D eigenvalue weighted by molar-refractivity contribution is 6.60. The van der Waals surface area contributed by atoms with Gasteiger partial charge in [0.25, 0.3) is 0 Å². The number of hydrogen-bond acceptors (Lipinski definition) is 5. The zero-order chi connectivity index (χ0) is 10.6. The first-order valence-corrected chi connectivity index (χ1v) is 6.61. The molecule has 1 aliphatic heterocycles. The van der Waals surface area contributed by atoms with Crippen molar-refractivity contribution in [2.45, 2.75) is 12.1 Å². The van der Waals surface area contributed by atoms with Gasteiger partial charge >= 0.3 is 8.80 Å². The molecule has 2 atom stereocenters. The fourth-order valence-corrected chi connectivity index (χ4v) is 3.59. The van der Waals surface area contributed by atoms with Crippen LogP contribution in [0.2, 0.25) is 6.04 Å². The minimum atomic E-state index is -2.48. The summed E-state index contributed by atoms with van der Waals surface area (Å²) in [6.07, 6.45) is 0.271. The van der Waals surface area contributed by atoms with Gasteiger partial charge in [-0.2, -0.15) is 0 Å². The third-order valence-corrected chi connectivity index (χ3v) is 5.52. The van der Waals surface area contributed by atoms with Gasteiger partial charge in [-0.25, -0.2) is 0 Å². The van der Waals surface area contributed by atoms with Gasteiger partial charge in [0.1, 0.15) is 0 Å². The van der Waals surface area contributed by atoms with Gasteiger partial charge in [-0.3, -0.25) is 0 Å². The molecule has 1 heterocycles. The van der Waals surface area contributed by atoms with Gasteiger partial charge in [-0.15, -0.1) is 0 Å². The molecular weight excluding hydrogens is 202 g/mol. The van der Waals surface area contributed by atoms with Crippen molar-refractivity contribution < 1.29 is 18.0 Å². The van der Waals surface area contributed by atoms with Crippen molar-refractivity contribution >= 4 is 8.80 Å². The molecule has 6 heteroatoms. The second-order valence-electron chi connectivity index (χ2n) is 3.37. The second kappa shape index (κ2) is 5.20. The molecule has 0 aromatic rings. The smallest absolute Gasteiger partial charge is 0.377 e. The van der Waals surface area contributed by atoms with Gasteiger partial charge in [0, 0.05) is 33.3 Å². The fourth-order valence-electron chi connectivity index (χ4n) is 1.52. The Balaban J connectivity index is 2.51. The van der Waals surface area contributed by atoms with Crippen molar-refractivity contribution in [3.8, 4) is 0 Å². The minimum absolute atomic E-state index is 0.271. The van der Waals surface area contributed by atoms with Crippen LogP contribution in [0.4, 0.5) is 0 Å². The Morgan fingerprint density at radius 2 is 1.86 bits per heavy atom. The molecule has 2 unspecified atom stereocenters. The molecule has 2 N–H and O–H groups in total. The molecule has 14 heavy (non-hydrogen) atoms. The lowest BCUT2D eigenvalue weighted by Gasteiger charge is -2.27. The average molecular weight is 221 g/mol.